The van der Waals surface area contributed by atoms with Crippen LogP contribution in [0.15, 0.2) is 48.5 Å². The molecule has 0 spiro atoms. The molecule has 2 atom stereocenters. The summed E-state index contributed by atoms with van der Waals surface area (Å²) in [5.41, 5.74) is 1.61. The van der Waals surface area contributed by atoms with Crippen molar-refractivity contribution in [3.05, 3.63) is 59.7 Å². The third-order valence-corrected chi connectivity index (χ3v) is 4.08. The Labute approximate surface area is 143 Å². The zero-order valence-electron chi connectivity index (χ0n) is 13.3. The minimum atomic E-state index is -4.45. The smallest absolute Gasteiger partial charge is 0.417 e. The van der Waals surface area contributed by atoms with Crippen molar-refractivity contribution in [1.82, 2.24) is 0 Å². The van der Waals surface area contributed by atoms with Crippen LogP contribution in [-0.4, -0.2) is 19.4 Å². The van der Waals surface area contributed by atoms with Crippen molar-refractivity contribution < 1.29 is 22.7 Å². The zero-order valence-corrected chi connectivity index (χ0v) is 13.3. The van der Waals surface area contributed by atoms with Crippen molar-refractivity contribution in [2.45, 2.75) is 24.7 Å². The lowest BCUT2D eigenvalue weighted by Gasteiger charge is -2.25. The highest BCUT2D eigenvalue weighted by Crippen LogP contribution is 2.43. The summed E-state index contributed by atoms with van der Waals surface area (Å²) in [4.78, 5) is 5.21. The number of halogens is 3. The van der Waals surface area contributed by atoms with E-state index in [1.807, 2.05) is 6.07 Å². The maximum Gasteiger partial charge on any atom is 0.417 e. The lowest BCUT2D eigenvalue weighted by atomic mass is 10.00. The topological polar surface area (TPSA) is 45.5 Å². The van der Waals surface area contributed by atoms with E-state index in [-0.39, 0.29) is 6.42 Å². The average Bonchev–Trinajstić information content (AvgIpc) is 3.07. The van der Waals surface area contributed by atoms with E-state index in [0.29, 0.717) is 22.6 Å². The summed E-state index contributed by atoms with van der Waals surface area (Å²) in [5, 5.41) is 10.2. The summed E-state index contributed by atoms with van der Waals surface area (Å²) in [6.07, 6.45) is -6.55. The first kappa shape index (κ1) is 17.1. The number of alkyl halides is 3. The number of nitrogens with zero attached hydrogens (tertiary/aromatic N) is 2. The first-order valence-corrected chi connectivity index (χ1v) is 7.59. The number of hydroxylamine groups is 1. The van der Waals surface area contributed by atoms with E-state index < -0.39 is 18.3 Å². The number of hydrogen-bond acceptors (Lipinski definition) is 4. The molecule has 1 heterocycles. The van der Waals surface area contributed by atoms with Gasteiger partial charge in [-0.2, -0.15) is 18.4 Å². The van der Waals surface area contributed by atoms with Gasteiger partial charge in [0.15, 0.2) is 6.10 Å². The van der Waals surface area contributed by atoms with E-state index in [0.717, 1.165) is 0 Å². The Balaban J connectivity index is 1.94. The number of rotatable bonds is 3. The molecule has 0 aromatic heterocycles. The highest BCUT2D eigenvalue weighted by atomic mass is 19.4. The standard InChI is InChI=1S/C18H15F3N2O2/c1-24-15-8-6-14(7-9-15)23-16(10-17(25-23)18(19,20)21)13-4-2-12(11-22)3-5-13/h2-9,16-17H,10H2,1H3. The molecule has 2 aromatic rings. The third-order valence-electron chi connectivity index (χ3n) is 4.08. The van der Waals surface area contributed by atoms with Gasteiger partial charge < -0.3 is 4.74 Å². The molecule has 4 nitrogen and oxygen atoms in total. The van der Waals surface area contributed by atoms with Gasteiger partial charge in [0.25, 0.3) is 0 Å². The second kappa shape index (κ2) is 6.65. The number of nitriles is 1. The number of anilines is 1. The molecule has 25 heavy (non-hydrogen) atoms. The van der Waals surface area contributed by atoms with Crippen molar-refractivity contribution in [3.63, 3.8) is 0 Å². The van der Waals surface area contributed by atoms with E-state index in [1.165, 1.54) is 12.2 Å². The Morgan fingerprint density at radius 3 is 2.28 bits per heavy atom. The molecular formula is C18H15F3N2O2. The van der Waals surface area contributed by atoms with Crippen LogP contribution in [-0.2, 0) is 4.84 Å². The third kappa shape index (κ3) is 3.54. The summed E-state index contributed by atoms with van der Waals surface area (Å²) in [5.74, 6) is 0.602. The quantitative estimate of drug-likeness (QED) is 0.826. The molecular weight excluding hydrogens is 333 g/mol. The number of hydrogen-bond donors (Lipinski definition) is 0. The van der Waals surface area contributed by atoms with E-state index in [2.05, 4.69) is 0 Å². The summed E-state index contributed by atoms with van der Waals surface area (Å²) < 4.78 is 44.6. The Morgan fingerprint density at radius 2 is 1.76 bits per heavy atom. The molecule has 7 heteroatoms. The Kier molecular flexibility index (Phi) is 4.55. The molecule has 0 N–H and O–H groups in total. The molecule has 0 aliphatic carbocycles. The van der Waals surface area contributed by atoms with Crippen LogP contribution < -0.4 is 9.80 Å². The van der Waals surface area contributed by atoms with Crippen LogP contribution in [0.2, 0.25) is 0 Å². The van der Waals surface area contributed by atoms with Gasteiger partial charge in [-0.1, -0.05) is 12.1 Å². The minimum absolute atomic E-state index is 0.221. The second-order valence-electron chi connectivity index (χ2n) is 5.64. The second-order valence-corrected chi connectivity index (χ2v) is 5.64. The summed E-state index contributed by atoms with van der Waals surface area (Å²) in [7, 11) is 1.51. The predicted octanol–water partition coefficient (Wildman–Crippen LogP) is 4.38. The van der Waals surface area contributed by atoms with E-state index in [9.17, 15) is 13.2 Å². The maximum absolute atomic E-state index is 13.2. The van der Waals surface area contributed by atoms with Gasteiger partial charge in [-0.3, -0.25) is 4.84 Å². The molecule has 2 unspecified atom stereocenters. The predicted molar refractivity (Wildman–Crippen MR) is 84.9 cm³/mol. The van der Waals surface area contributed by atoms with Gasteiger partial charge in [0.1, 0.15) is 5.75 Å². The van der Waals surface area contributed by atoms with E-state index in [1.54, 1.807) is 48.5 Å². The first-order chi connectivity index (χ1) is 11.9. The van der Waals surface area contributed by atoms with Crippen molar-refractivity contribution in [3.8, 4) is 11.8 Å². The maximum atomic E-state index is 13.2. The normalized spacial score (nSPS) is 20.4. The van der Waals surface area contributed by atoms with Gasteiger partial charge >= 0.3 is 6.18 Å². The van der Waals surface area contributed by atoms with Crippen molar-refractivity contribution in [1.29, 1.82) is 5.26 Å². The van der Waals surface area contributed by atoms with Crippen molar-refractivity contribution >= 4 is 5.69 Å². The SMILES string of the molecule is COc1ccc(N2OC(C(F)(F)F)CC2c2ccc(C#N)cc2)cc1. The monoisotopic (exact) mass is 348 g/mol. The number of methoxy groups -OCH3 is 1. The highest BCUT2D eigenvalue weighted by molar-refractivity contribution is 5.50. The van der Waals surface area contributed by atoms with E-state index >= 15 is 0 Å². The Bertz CT molecular complexity index is 767. The van der Waals surface area contributed by atoms with Gasteiger partial charge in [-0.15, -0.1) is 0 Å². The van der Waals surface area contributed by atoms with Gasteiger partial charge in [0, 0.05) is 6.42 Å². The van der Waals surface area contributed by atoms with Crippen molar-refractivity contribution in [2.24, 2.45) is 0 Å². The molecule has 3 rings (SSSR count). The highest BCUT2D eigenvalue weighted by Gasteiger charge is 2.50. The van der Waals surface area contributed by atoms with Crippen LogP contribution >= 0.6 is 0 Å². The summed E-state index contributed by atoms with van der Waals surface area (Å²) in [6.45, 7) is 0. The largest absolute Gasteiger partial charge is 0.497 e. The van der Waals surface area contributed by atoms with Gasteiger partial charge in [0.2, 0.25) is 0 Å². The first-order valence-electron chi connectivity index (χ1n) is 7.59. The van der Waals surface area contributed by atoms with Crippen LogP contribution in [0, 0.1) is 11.3 Å². The molecule has 0 radical (unpaired) electrons. The molecule has 0 bridgehead atoms. The lowest BCUT2D eigenvalue weighted by Crippen LogP contribution is -2.30. The van der Waals surface area contributed by atoms with Crippen LogP contribution in [0.4, 0.5) is 18.9 Å². The fraction of sp³-hybridized carbons (Fsp3) is 0.278. The van der Waals surface area contributed by atoms with Crippen LogP contribution in [0.25, 0.3) is 0 Å². The van der Waals surface area contributed by atoms with Crippen molar-refractivity contribution in [2.75, 3.05) is 12.2 Å². The summed E-state index contributed by atoms with van der Waals surface area (Å²) in [6, 6.07) is 14.5. The average molecular weight is 348 g/mol. The molecule has 130 valence electrons. The molecule has 1 saturated heterocycles. The molecule has 1 aliphatic rings. The number of ether oxygens (including phenoxy) is 1. The molecule has 1 aliphatic heterocycles. The molecule has 0 amide bonds. The minimum Gasteiger partial charge on any atom is -0.497 e. The number of benzene rings is 2. The molecule has 1 fully saturated rings. The van der Waals surface area contributed by atoms with Crippen LogP contribution in [0.5, 0.6) is 5.75 Å². The lowest BCUT2D eigenvalue weighted by molar-refractivity contribution is -0.209. The molecule has 0 saturated carbocycles. The van der Waals surface area contributed by atoms with Gasteiger partial charge in [-0.05, 0) is 42.0 Å². The fourth-order valence-corrected chi connectivity index (χ4v) is 2.77. The van der Waals surface area contributed by atoms with Gasteiger partial charge in [0.05, 0.1) is 30.5 Å². The van der Waals surface area contributed by atoms with E-state index in [4.69, 9.17) is 14.8 Å². The summed E-state index contributed by atoms with van der Waals surface area (Å²) >= 11 is 0. The molecule has 2 aromatic carbocycles. The fourth-order valence-electron chi connectivity index (χ4n) is 2.77. The Morgan fingerprint density at radius 1 is 1.12 bits per heavy atom. The zero-order chi connectivity index (χ0) is 18.0. The van der Waals surface area contributed by atoms with Crippen LogP contribution in [0.1, 0.15) is 23.6 Å². The van der Waals surface area contributed by atoms with Crippen LogP contribution in [0.3, 0.4) is 0 Å². The Hall–Kier alpha value is -2.72. The van der Waals surface area contributed by atoms with Gasteiger partial charge in [-0.25, -0.2) is 5.06 Å².